The smallest absolute Gasteiger partial charge is 0.114 e. The first-order valence-corrected chi connectivity index (χ1v) is 5.08. The Morgan fingerprint density at radius 2 is 1.71 bits per heavy atom. The van der Waals surface area contributed by atoms with Crippen molar-refractivity contribution in [2.75, 3.05) is 5.73 Å². The second kappa shape index (κ2) is 6.66. The zero-order valence-electron chi connectivity index (χ0n) is 8.65. The minimum absolute atomic E-state index is 0. The molecule has 5 N–H and O–H groups in total. The number of aromatic nitrogens is 2. The third kappa shape index (κ3) is 3.47. The molecule has 0 amide bonds. The van der Waals surface area contributed by atoms with Gasteiger partial charge in [-0.3, -0.25) is 0 Å². The molecule has 0 spiro atoms. The molecule has 0 aliphatic carbocycles. The molecule has 1 aromatic carbocycles. The maximum Gasteiger partial charge on any atom is 0.114 e. The maximum atomic E-state index is 7.57. The third-order valence-electron chi connectivity index (χ3n) is 1.92. The summed E-state index contributed by atoms with van der Waals surface area (Å²) in [5.74, 6) is 0.211. The largest absolute Gasteiger partial charge is 0.693 e. The van der Waals surface area contributed by atoms with Crippen LogP contribution in [0.15, 0.2) is 34.8 Å². The van der Waals surface area contributed by atoms with Gasteiger partial charge in [0.2, 0.25) is 0 Å². The quantitative estimate of drug-likeness (QED) is 0.680. The molecule has 2 aromatic rings. The topological polar surface area (TPSA) is 109 Å². The molecule has 5 nitrogen and oxygen atoms in total. The molecule has 0 unspecified atom stereocenters. The molecule has 1 radical (unpaired) electrons. The van der Waals surface area contributed by atoms with Gasteiger partial charge < -0.3 is 22.6 Å². The molecule has 17 heavy (non-hydrogen) atoms. The van der Waals surface area contributed by atoms with Gasteiger partial charge in [0.05, 0.1) is 5.69 Å². The molecule has 93 valence electrons. The summed E-state index contributed by atoms with van der Waals surface area (Å²) < 4.78 is 0.558. The van der Waals surface area contributed by atoms with E-state index in [0.29, 0.717) is 10.2 Å². The number of nitrogens with zero attached hydrogens (tertiary/aromatic N) is 2. The molecule has 1 aromatic heterocycles. The van der Waals surface area contributed by atoms with Crippen LogP contribution in [0.3, 0.4) is 0 Å². The maximum absolute atomic E-state index is 7.57. The summed E-state index contributed by atoms with van der Waals surface area (Å²) in [5, 5.41) is 0. The molecule has 1 heterocycles. The molecular formula is C10H10BrIrN5-2. The Balaban J connectivity index is 0.00000128. The first kappa shape index (κ1) is 16.0. The molecule has 0 aliphatic heterocycles. The number of benzene rings is 1. The van der Waals surface area contributed by atoms with Crippen LogP contribution in [0, 0.1) is 0 Å². The second-order valence-electron chi connectivity index (χ2n) is 2.96. The molecule has 0 saturated heterocycles. The fourth-order valence-corrected chi connectivity index (χ4v) is 1.66. The van der Waals surface area contributed by atoms with Crippen molar-refractivity contribution < 1.29 is 20.1 Å². The van der Waals surface area contributed by atoms with Crippen molar-refractivity contribution in [2.45, 2.75) is 0 Å². The van der Waals surface area contributed by atoms with E-state index >= 15 is 0 Å². The molecule has 0 bridgehead atoms. The minimum Gasteiger partial charge on any atom is -0.693 e. The summed E-state index contributed by atoms with van der Waals surface area (Å²) in [6.45, 7) is 0. The Labute approximate surface area is 121 Å². The van der Waals surface area contributed by atoms with E-state index in [4.69, 9.17) is 11.5 Å². The van der Waals surface area contributed by atoms with E-state index in [1.807, 2.05) is 30.3 Å². The number of anilines is 1. The summed E-state index contributed by atoms with van der Waals surface area (Å²) in [6.07, 6.45) is 0. The van der Waals surface area contributed by atoms with Crippen molar-refractivity contribution in [1.82, 2.24) is 9.97 Å². The Morgan fingerprint density at radius 3 is 2.29 bits per heavy atom. The predicted molar refractivity (Wildman–Crippen MR) is 68.8 cm³/mol. The molecule has 0 aliphatic rings. The number of halogens is 1. The summed E-state index contributed by atoms with van der Waals surface area (Å²) in [4.78, 5) is 7.85. The Morgan fingerprint density at radius 1 is 1.12 bits per heavy atom. The van der Waals surface area contributed by atoms with Crippen molar-refractivity contribution in [2.24, 2.45) is 0 Å². The average molecular weight is 472 g/mol. The average Bonchev–Trinajstić information content (AvgIpc) is 2.24. The normalized spacial score (nSPS) is 9.00. The number of nitrogens with one attached hydrogen (secondary N) is 1. The second-order valence-corrected chi connectivity index (χ2v) is 3.75. The fraction of sp³-hybridized carbons (Fsp3) is 0. The standard InChI is InChI=1S/C10H8BrN4.Ir.H2N/c11-7-8(6-4-2-1-3-5-6)14-10(13)15-9(7)12;;/h1-5H,(H3-,12,13,14,15);;1H2/q-1;;-1. The van der Waals surface area contributed by atoms with Gasteiger partial charge in [0.15, 0.2) is 0 Å². The van der Waals surface area contributed by atoms with Gasteiger partial charge in [-0.15, -0.1) is 0 Å². The monoisotopic (exact) mass is 472 g/mol. The summed E-state index contributed by atoms with van der Waals surface area (Å²) >= 11 is 3.28. The van der Waals surface area contributed by atoms with Crippen molar-refractivity contribution in [3.8, 4) is 11.3 Å². The SMILES string of the molecule is [Ir].[NH-]c1nc(N)nc(-c2ccccc2)c1Br.[NH2-]. The van der Waals surface area contributed by atoms with Crippen LogP contribution in [0.1, 0.15) is 0 Å². The summed E-state index contributed by atoms with van der Waals surface area (Å²) in [7, 11) is 0. The fourth-order valence-electron chi connectivity index (χ4n) is 1.25. The van der Waals surface area contributed by atoms with Crippen molar-refractivity contribution in [3.05, 3.63) is 46.7 Å². The van der Waals surface area contributed by atoms with Crippen molar-refractivity contribution >= 4 is 27.7 Å². The van der Waals surface area contributed by atoms with Crippen LogP contribution in [0.5, 0.6) is 0 Å². The summed E-state index contributed by atoms with van der Waals surface area (Å²) in [5.41, 5.74) is 14.6. The van der Waals surface area contributed by atoms with Gasteiger partial charge in [-0.2, -0.15) is 0 Å². The van der Waals surface area contributed by atoms with E-state index in [0.717, 1.165) is 5.56 Å². The van der Waals surface area contributed by atoms with E-state index in [9.17, 15) is 0 Å². The third-order valence-corrected chi connectivity index (χ3v) is 2.67. The number of hydrogen-bond donors (Lipinski definition) is 1. The van der Waals surface area contributed by atoms with Gasteiger partial charge in [0.25, 0.3) is 0 Å². The molecule has 7 heteroatoms. The molecule has 2 rings (SSSR count). The number of rotatable bonds is 1. The van der Waals surface area contributed by atoms with Crippen LogP contribution in [-0.2, 0) is 20.1 Å². The van der Waals surface area contributed by atoms with Gasteiger partial charge in [-0.25, -0.2) is 4.98 Å². The first-order valence-electron chi connectivity index (χ1n) is 4.28. The van der Waals surface area contributed by atoms with Gasteiger partial charge in [0, 0.05) is 30.1 Å². The number of nitrogens with two attached hydrogens (primary N) is 2. The molecule has 0 fully saturated rings. The number of hydrogen-bond acceptors (Lipinski definition) is 3. The van der Waals surface area contributed by atoms with Crippen molar-refractivity contribution in [3.63, 3.8) is 0 Å². The van der Waals surface area contributed by atoms with Crippen LogP contribution in [0.2, 0.25) is 0 Å². The van der Waals surface area contributed by atoms with Crippen LogP contribution >= 0.6 is 15.9 Å². The van der Waals surface area contributed by atoms with E-state index in [-0.39, 0.29) is 38.0 Å². The van der Waals surface area contributed by atoms with Gasteiger partial charge in [-0.1, -0.05) is 30.3 Å². The van der Waals surface area contributed by atoms with Crippen LogP contribution < -0.4 is 5.73 Å². The Bertz CT molecular complexity index is 492. The zero-order chi connectivity index (χ0) is 10.8. The Hall–Kier alpha value is -1.01. The summed E-state index contributed by atoms with van der Waals surface area (Å²) in [6, 6.07) is 9.55. The van der Waals surface area contributed by atoms with E-state index in [2.05, 4.69) is 25.9 Å². The number of nitrogen functional groups attached to an aromatic ring is 1. The Kier molecular flexibility index (Phi) is 6.26. The van der Waals surface area contributed by atoms with Gasteiger partial charge in [0.1, 0.15) is 5.95 Å². The van der Waals surface area contributed by atoms with E-state index in [1.54, 1.807) is 0 Å². The minimum atomic E-state index is 0. The van der Waals surface area contributed by atoms with Crippen LogP contribution in [0.25, 0.3) is 23.1 Å². The van der Waals surface area contributed by atoms with E-state index in [1.165, 1.54) is 0 Å². The van der Waals surface area contributed by atoms with Crippen LogP contribution in [0.4, 0.5) is 11.8 Å². The van der Waals surface area contributed by atoms with Gasteiger partial charge in [-0.05, 0) is 21.7 Å². The zero-order valence-corrected chi connectivity index (χ0v) is 12.6. The van der Waals surface area contributed by atoms with Gasteiger partial charge >= 0.3 is 0 Å². The molecular weight excluding hydrogens is 462 g/mol. The first-order chi connectivity index (χ1) is 7.18. The van der Waals surface area contributed by atoms with Crippen molar-refractivity contribution in [1.29, 1.82) is 0 Å². The van der Waals surface area contributed by atoms with Crippen LogP contribution in [-0.4, -0.2) is 9.97 Å². The molecule has 0 atom stereocenters. The molecule has 0 saturated carbocycles. The van der Waals surface area contributed by atoms with E-state index < -0.39 is 0 Å². The predicted octanol–water partition coefficient (Wildman–Crippen LogP) is 3.89.